The highest BCUT2D eigenvalue weighted by atomic mass is 16.5. The van der Waals surface area contributed by atoms with Crippen molar-refractivity contribution < 1.29 is 14.6 Å². The van der Waals surface area contributed by atoms with Gasteiger partial charge in [-0.05, 0) is 29.8 Å². The molecular weight excluding hydrogens is 464 g/mol. The first-order valence-electron chi connectivity index (χ1n) is 11.2. The number of pyridine rings is 1. The van der Waals surface area contributed by atoms with Crippen LogP contribution in [0.5, 0.6) is 0 Å². The quantitative estimate of drug-likeness (QED) is 0.338. The van der Waals surface area contributed by atoms with Crippen molar-refractivity contribution in [2.45, 2.75) is 12.2 Å². The predicted molar refractivity (Wildman–Crippen MR) is 128 cm³/mol. The van der Waals surface area contributed by atoms with E-state index in [0.717, 1.165) is 16.8 Å². The van der Waals surface area contributed by atoms with Crippen molar-refractivity contribution in [1.82, 2.24) is 34.9 Å². The molecule has 180 valence electrons. The number of H-pyrrole nitrogens is 2. The molecule has 0 radical (unpaired) electrons. The number of fused-ring (bicyclic) bond motifs is 1. The van der Waals surface area contributed by atoms with Gasteiger partial charge in [-0.15, -0.1) is 5.10 Å². The van der Waals surface area contributed by atoms with Crippen molar-refractivity contribution in [3.8, 4) is 16.8 Å². The number of nitrogens with zero attached hydrogens (tertiary/aromatic N) is 6. The van der Waals surface area contributed by atoms with Gasteiger partial charge in [0.05, 0.1) is 35.9 Å². The molecule has 12 nitrogen and oxygen atoms in total. The van der Waals surface area contributed by atoms with Gasteiger partial charge in [-0.25, -0.2) is 9.67 Å². The molecule has 0 aliphatic carbocycles. The van der Waals surface area contributed by atoms with E-state index in [1.165, 1.54) is 4.90 Å². The number of amides is 1. The van der Waals surface area contributed by atoms with Crippen LogP contribution in [0, 0.1) is 0 Å². The molecule has 1 saturated heterocycles. The third-order valence-electron chi connectivity index (χ3n) is 6.02. The number of ether oxygens (including phenoxy) is 1. The van der Waals surface area contributed by atoms with Crippen molar-refractivity contribution in [2.24, 2.45) is 0 Å². The molecule has 1 aliphatic heterocycles. The zero-order valence-electron chi connectivity index (χ0n) is 18.8. The highest BCUT2D eigenvalue weighted by Crippen LogP contribution is 2.26. The van der Waals surface area contributed by atoms with Gasteiger partial charge in [-0.1, -0.05) is 6.07 Å². The summed E-state index contributed by atoms with van der Waals surface area (Å²) in [6.07, 6.45) is 5.68. The largest absolute Gasteiger partial charge is 0.382 e. The second-order valence-electron chi connectivity index (χ2n) is 8.22. The minimum Gasteiger partial charge on any atom is -0.382 e. The lowest BCUT2D eigenvalue weighted by Crippen LogP contribution is -2.50. The van der Waals surface area contributed by atoms with Crippen LogP contribution in [0.3, 0.4) is 0 Å². The lowest BCUT2D eigenvalue weighted by Gasteiger charge is -2.32. The Balaban J connectivity index is 1.27. The lowest BCUT2D eigenvalue weighted by molar-refractivity contribution is -0.143. The Labute approximate surface area is 203 Å². The number of carbonyl (C=O) groups excluding carboxylic acids is 1. The van der Waals surface area contributed by atoms with E-state index in [1.807, 2.05) is 0 Å². The van der Waals surface area contributed by atoms with E-state index in [4.69, 9.17) is 4.74 Å². The molecule has 1 fully saturated rings. The van der Waals surface area contributed by atoms with Crippen LogP contribution >= 0.6 is 0 Å². The average molecular weight is 484 g/mol. The number of aliphatic hydroxyl groups excluding tert-OH is 1. The van der Waals surface area contributed by atoms with E-state index in [0.29, 0.717) is 16.7 Å². The molecule has 0 unspecified atom stereocenters. The SMILES string of the molecule is O=C1[C@@H]([C@@H](O)c2nc3ccc(-c4cn[nH]c4)cc3c(=O)[nH]2)OCCN1c1ccn(-c2ccncc2)n1. The van der Waals surface area contributed by atoms with Crippen LogP contribution in [0.25, 0.3) is 27.7 Å². The fourth-order valence-electron chi connectivity index (χ4n) is 4.19. The fraction of sp³-hybridized carbons (Fsp3) is 0.167. The van der Waals surface area contributed by atoms with Gasteiger partial charge in [-0.3, -0.25) is 24.6 Å². The first kappa shape index (κ1) is 21.8. The predicted octanol–water partition coefficient (Wildman–Crippen LogP) is 1.36. The van der Waals surface area contributed by atoms with Crippen LogP contribution in [0.15, 0.2) is 72.2 Å². The van der Waals surface area contributed by atoms with Gasteiger partial charge in [-0.2, -0.15) is 5.10 Å². The Morgan fingerprint density at radius 2 is 1.97 bits per heavy atom. The van der Waals surface area contributed by atoms with Gasteiger partial charge in [0.2, 0.25) is 0 Å². The third kappa shape index (κ3) is 3.83. The van der Waals surface area contributed by atoms with Crippen LogP contribution in [0.1, 0.15) is 11.9 Å². The molecule has 1 aliphatic rings. The van der Waals surface area contributed by atoms with Crippen molar-refractivity contribution in [1.29, 1.82) is 0 Å². The van der Waals surface area contributed by atoms with Gasteiger partial charge in [0, 0.05) is 36.4 Å². The van der Waals surface area contributed by atoms with Crippen molar-refractivity contribution in [3.05, 3.63) is 83.6 Å². The van der Waals surface area contributed by atoms with E-state index in [-0.39, 0.29) is 19.0 Å². The minimum atomic E-state index is -1.48. The smallest absolute Gasteiger partial charge is 0.260 e. The van der Waals surface area contributed by atoms with E-state index in [2.05, 4.69) is 30.2 Å². The van der Waals surface area contributed by atoms with E-state index < -0.39 is 23.7 Å². The summed E-state index contributed by atoms with van der Waals surface area (Å²) in [7, 11) is 0. The lowest BCUT2D eigenvalue weighted by atomic mass is 10.1. The molecule has 4 aromatic heterocycles. The van der Waals surface area contributed by atoms with Crippen LogP contribution < -0.4 is 10.5 Å². The maximum absolute atomic E-state index is 13.3. The molecule has 5 heterocycles. The summed E-state index contributed by atoms with van der Waals surface area (Å²) >= 11 is 0. The summed E-state index contributed by atoms with van der Waals surface area (Å²) in [5.74, 6) is -0.109. The molecule has 2 atom stereocenters. The molecule has 6 rings (SSSR count). The van der Waals surface area contributed by atoms with Crippen LogP contribution in [0.2, 0.25) is 0 Å². The first-order valence-corrected chi connectivity index (χ1v) is 11.2. The van der Waals surface area contributed by atoms with E-state index >= 15 is 0 Å². The normalized spacial score (nSPS) is 17.0. The third-order valence-corrected chi connectivity index (χ3v) is 6.02. The number of rotatable bonds is 5. The number of hydrogen-bond acceptors (Lipinski definition) is 8. The second kappa shape index (κ2) is 8.83. The number of benzene rings is 1. The Bertz CT molecular complexity index is 1600. The van der Waals surface area contributed by atoms with Crippen LogP contribution in [-0.2, 0) is 9.53 Å². The van der Waals surface area contributed by atoms with Crippen molar-refractivity contribution in [3.63, 3.8) is 0 Å². The number of aliphatic hydroxyl groups is 1. The number of hydrogen-bond donors (Lipinski definition) is 3. The molecule has 0 bridgehead atoms. The Kier molecular flexibility index (Phi) is 5.36. The van der Waals surface area contributed by atoms with Gasteiger partial charge in [0.1, 0.15) is 11.9 Å². The monoisotopic (exact) mass is 484 g/mol. The summed E-state index contributed by atoms with van der Waals surface area (Å²) in [6.45, 7) is 0.454. The number of carbonyl (C=O) groups is 1. The van der Waals surface area contributed by atoms with E-state index in [1.54, 1.807) is 72.1 Å². The Morgan fingerprint density at radius 3 is 2.78 bits per heavy atom. The van der Waals surface area contributed by atoms with Gasteiger partial charge < -0.3 is 14.8 Å². The summed E-state index contributed by atoms with van der Waals surface area (Å²) in [5.41, 5.74) is 2.37. The van der Waals surface area contributed by atoms with Crippen molar-refractivity contribution >= 4 is 22.6 Å². The number of aromatic amines is 2. The van der Waals surface area contributed by atoms with Gasteiger partial charge in [0.15, 0.2) is 11.9 Å². The fourth-order valence-corrected chi connectivity index (χ4v) is 4.19. The summed E-state index contributed by atoms with van der Waals surface area (Å²) < 4.78 is 7.24. The first-order chi connectivity index (χ1) is 17.6. The van der Waals surface area contributed by atoms with Gasteiger partial charge >= 0.3 is 0 Å². The molecule has 3 N–H and O–H groups in total. The maximum Gasteiger partial charge on any atom is 0.260 e. The number of anilines is 1. The molecular formula is C24H20N8O4. The van der Waals surface area contributed by atoms with Gasteiger partial charge in [0.25, 0.3) is 11.5 Å². The standard InChI is InChI=1S/C24H20N8O4/c33-20(22-28-18-2-1-14(15-12-26-27-13-15)11-17(18)23(34)29-22)21-24(35)31(9-10-36-21)19-5-8-32(30-19)16-3-6-25-7-4-16/h1-8,11-13,20-21,33H,9-10H2,(H,26,27)(H,28,29,34)/t20-,21-/m1/s1. The topological polar surface area (TPSA) is 155 Å². The van der Waals surface area contributed by atoms with Crippen LogP contribution in [-0.4, -0.2) is 65.2 Å². The van der Waals surface area contributed by atoms with E-state index in [9.17, 15) is 14.7 Å². The molecule has 12 heteroatoms. The number of aromatic nitrogens is 7. The summed E-state index contributed by atoms with van der Waals surface area (Å²) in [4.78, 5) is 38.5. The molecule has 0 saturated carbocycles. The molecule has 5 aromatic rings. The van der Waals surface area contributed by atoms with Crippen molar-refractivity contribution in [2.75, 3.05) is 18.1 Å². The highest BCUT2D eigenvalue weighted by molar-refractivity contribution is 5.97. The molecule has 0 spiro atoms. The molecule has 1 aromatic carbocycles. The second-order valence-corrected chi connectivity index (χ2v) is 8.22. The van der Waals surface area contributed by atoms with Crippen LogP contribution in [0.4, 0.5) is 5.82 Å². The Morgan fingerprint density at radius 1 is 1.11 bits per heavy atom. The molecule has 1 amide bonds. The zero-order valence-corrected chi connectivity index (χ0v) is 18.8. The highest BCUT2D eigenvalue weighted by Gasteiger charge is 2.38. The minimum absolute atomic E-state index is 0.0499. The number of morpholine rings is 1. The Hall–Kier alpha value is -4.68. The molecule has 36 heavy (non-hydrogen) atoms. The zero-order chi connectivity index (χ0) is 24.6. The number of nitrogens with one attached hydrogen (secondary N) is 2. The maximum atomic E-state index is 13.3. The summed E-state index contributed by atoms with van der Waals surface area (Å²) in [5, 5.41) is 22.5. The summed E-state index contributed by atoms with van der Waals surface area (Å²) in [6, 6.07) is 10.5. The average Bonchev–Trinajstić information content (AvgIpc) is 3.62.